The van der Waals surface area contributed by atoms with Gasteiger partial charge in [-0.05, 0) is 60.2 Å². The van der Waals surface area contributed by atoms with Crippen LogP contribution in [0.5, 0.6) is 0 Å². The van der Waals surface area contributed by atoms with Gasteiger partial charge in [-0.15, -0.1) is 0 Å². The van der Waals surface area contributed by atoms with E-state index in [1.165, 1.54) is 5.01 Å². The van der Waals surface area contributed by atoms with Gasteiger partial charge >= 0.3 is 0 Å². The number of amides is 3. The molecule has 42 heavy (non-hydrogen) atoms. The number of anilines is 1. The lowest BCUT2D eigenvalue weighted by Crippen LogP contribution is -2.45. The lowest BCUT2D eigenvalue weighted by Gasteiger charge is -2.30. The number of fused-ring (bicyclic) bond motifs is 2. The summed E-state index contributed by atoms with van der Waals surface area (Å²) in [7, 11) is 0. The molecule has 2 fully saturated rings. The molecule has 3 amide bonds. The number of allylic oxidation sites excluding steroid dienone is 1. The summed E-state index contributed by atoms with van der Waals surface area (Å²) in [5.74, 6) is -1.15. The normalized spacial score (nSPS) is 25.7. The first kappa shape index (κ1) is 26.5. The fourth-order valence-corrected chi connectivity index (χ4v) is 6.76. The highest BCUT2D eigenvalue weighted by molar-refractivity contribution is 9.10. The maximum absolute atomic E-state index is 14.0. The quantitative estimate of drug-likeness (QED) is 0.348. The Bertz CT molecular complexity index is 1660. The molecule has 4 aliphatic rings. The topological polar surface area (TPSA) is 98.0 Å². The first-order valence-corrected chi connectivity index (χ1v) is 14.8. The van der Waals surface area contributed by atoms with E-state index in [-0.39, 0.29) is 24.4 Å². The van der Waals surface area contributed by atoms with Crippen LogP contribution in [0.25, 0.3) is 6.08 Å². The van der Waals surface area contributed by atoms with E-state index in [0.29, 0.717) is 5.69 Å². The van der Waals surface area contributed by atoms with Crippen molar-refractivity contribution >= 4 is 51.1 Å². The van der Waals surface area contributed by atoms with E-state index in [4.69, 9.17) is 5.10 Å². The molecule has 4 atom stereocenters. The van der Waals surface area contributed by atoms with Crippen molar-refractivity contribution in [3.8, 4) is 0 Å². The van der Waals surface area contributed by atoms with Crippen molar-refractivity contribution in [2.24, 2.45) is 21.4 Å². The summed E-state index contributed by atoms with van der Waals surface area (Å²) in [6.45, 7) is -0.222. The number of imide groups is 1. The summed E-state index contributed by atoms with van der Waals surface area (Å²) in [4.78, 5) is 41.8. The van der Waals surface area contributed by atoms with Crippen molar-refractivity contribution in [1.29, 1.82) is 0 Å². The fraction of sp³-hybridized carbons (Fsp3) is 0.250. The minimum Gasteiger partial charge on any atom is -0.271 e. The van der Waals surface area contributed by atoms with Gasteiger partial charge in [0, 0.05) is 10.4 Å². The molecule has 0 bridgehead atoms. The molecule has 1 aliphatic carbocycles. The zero-order valence-corrected chi connectivity index (χ0v) is 24.2. The van der Waals surface area contributed by atoms with Gasteiger partial charge in [0.2, 0.25) is 0 Å². The van der Waals surface area contributed by atoms with Crippen LogP contribution < -0.4 is 4.90 Å². The summed E-state index contributed by atoms with van der Waals surface area (Å²) in [5, 5.41) is 16.1. The SMILES string of the molecule is O=C1[C@H]2N=NN(CC(=O)N3N=C4/C(=C/c5ccccc5)CCC[C@H]4[C@@H]3c3ccccc3)[C@H]2C(=O)N1c1cccc(Br)c1. The van der Waals surface area contributed by atoms with Gasteiger partial charge in [0.15, 0.2) is 12.1 Å². The van der Waals surface area contributed by atoms with E-state index in [1.54, 1.807) is 23.2 Å². The Labute approximate surface area is 251 Å². The fourth-order valence-electron chi connectivity index (χ4n) is 6.38. The molecular formula is C32H27BrN6O3. The summed E-state index contributed by atoms with van der Waals surface area (Å²) >= 11 is 3.40. The summed E-state index contributed by atoms with van der Waals surface area (Å²) in [6.07, 6.45) is 4.97. The molecule has 210 valence electrons. The Morgan fingerprint density at radius 3 is 2.45 bits per heavy atom. The van der Waals surface area contributed by atoms with Gasteiger partial charge in [0.25, 0.3) is 17.7 Å². The molecule has 3 aliphatic heterocycles. The Morgan fingerprint density at radius 2 is 1.69 bits per heavy atom. The van der Waals surface area contributed by atoms with E-state index in [1.807, 2.05) is 54.6 Å². The van der Waals surface area contributed by atoms with Crippen molar-refractivity contribution in [1.82, 2.24) is 10.0 Å². The second-order valence-corrected chi connectivity index (χ2v) is 11.8. The number of hydrazone groups is 1. The minimum absolute atomic E-state index is 0.0507. The number of hydrogen-bond donors (Lipinski definition) is 0. The van der Waals surface area contributed by atoms with E-state index in [9.17, 15) is 14.4 Å². The number of benzene rings is 3. The summed E-state index contributed by atoms with van der Waals surface area (Å²) in [5.41, 5.74) is 4.62. The highest BCUT2D eigenvalue weighted by atomic mass is 79.9. The van der Waals surface area contributed by atoms with E-state index in [0.717, 1.165) is 51.0 Å². The van der Waals surface area contributed by atoms with Gasteiger partial charge in [0.1, 0.15) is 6.54 Å². The third-order valence-electron chi connectivity index (χ3n) is 8.26. The average molecular weight is 624 g/mol. The van der Waals surface area contributed by atoms with Crippen molar-refractivity contribution in [2.75, 3.05) is 11.4 Å². The molecule has 9 nitrogen and oxygen atoms in total. The average Bonchev–Trinajstić information content (AvgIpc) is 3.67. The largest absolute Gasteiger partial charge is 0.271 e. The minimum atomic E-state index is -0.984. The van der Waals surface area contributed by atoms with Gasteiger partial charge in [-0.3, -0.25) is 19.4 Å². The zero-order chi connectivity index (χ0) is 28.8. The Balaban J connectivity index is 1.18. The van der Waals surface area contributed by atoms with Gasteiger partial charge in [-0.25, -0.2) is 9.91 Å². The number of hydrogen-bond acceptors (Lipinski definition) is 7. The van der Waals surface area contributed by atoms with Crippen LogP contribution >= 0.6 is 15.9 Å². The summed E-state index contributed by atoms with van der Waals surface area (Å²) in [6, 6.07) is 24.8. The molecule has 10 heteroatoms. The van der Waals surface area contributed by atoms with E-state index >= 15 is 0 Å². The summed E-state index contributed by atoms with van der Waals surface area (Å²) < 4.78 is 0.744. The van der Waals surface area contributed by atoms with Crippen LogP contribution in [-0.4, -0.2) is 52.1 Å². The monoisotopic (exact) mass is 622 g/mol. The number of nitrogens with zero attached hydrogens (tertiary/aromatic N) is 6. The van der Waals surface area contributed by atoms with Crippen LogP contribution in [0.15, 0.2) is 110 Å². The van der Waals surface area contributed by atoms with Gasteiger partial charge in [0.05, 0.1) is 17.4 Å². The van der Waals surface area contributed by atoms with Crippen LogP contribution in [0, 0.1) is 5.92 Å². The van der Waals surface area contributed by atoms with Crippen molar-refractivity contribution in [2.45, 2.75) is 37.4 Å². The second-order valence-electron chi connectivity index (χ2n) is 10.8. The molecule has 1 saturated heterocycles. The Kier molecular flexibility index (Phi) is 6.78. The molecule has 3 aromatic rings. The molecule has 7 rings (SSSR count). The third kappa shape index (κ3) is 4.56. The van der Waals surface area contributed by atoms with Crippen LogP contribution in [0.4, 0.5) is 5.69 Å². The van der Waals surface area contributed by atoms with Crippen LogP contribution in [0.3, 0.4) is 0 Å². The van der Waals surface area contributed by atoms with Crippen LogP contribution in [0.2, 0.25) is 0 Å². The molecule has 1 saturated carbocycles. The molecular weight excluding hydrogens is 596 g/mol. The van der Waals surface area contributed by atoms with Gasteiger partial charge < -0.3 is 0 Å². The third-order valence-corrected chi connectivity index (χ3v) is 8.75. The molecule has 0 radical (unpaired) electrons. The van der Waals surface area contributed by atoms with Crippen molar-refractivity contribution in [3.05, 3.63) is 106 Å². The predicted molar refractivity (Wildman–Crippen MR) is 161 cm³/mol. The van der Waals surface area contributed by atoms with Gasteiger partial charge in [-0.1, -0.05) is 87.9 Å². The molecule has 3 aromatic carbocycles. The molecule has 0 unspecified atom stereocenters. The lowest BCUT2D eigenvalue weighted by molar-refractivity contribution is -0.136. The smallest absolute Gasteiger partial charge is 0.264 e. The second kappa shape index (κ2) is 10.8. The number of carbonyl (C=O) groups excluding carboxylic acids is 3. The number of halogens is 1. The molecule has 0 aromatic heterocycles. The number of rotatable bonds is 5. The Morgan fingerprint density at radius 1 is 0.929 bits per heavy atom. The maximum Gasteiger partial charge on any atom is 0.264 e. The van der Waals surface area contributed by atoms with E-state index < -0.39 is 23.9 Å². The van der Waals surface area contributed by atoms with Crippen LogP contribution in [0.1, 0.15) is 36.4 Å². The molecule has 0 N–H and O–H groups in total. The first-order chi connectivity index (χ1) is 20.5. The Hall–Kier alpha value is -4.44. The maximum atomic E-state index is 14.0. The highest BCUT2D eigenvalue weighted by Crippen LogP contribution is 2.44. The zero-order valence-electron chi connectivity index (χ0n) is 22.6. The van der Waals surface area contributed by atoms with E-state index in [2.05, 4.69) is 44.5 Å². The lowest BCUT2D eigenvalue weighted by atomic mass is 9.77. The molecule has 3 heterocycles. The standard InChI is InChI=1S/C32H27BrN6O3/c33-23-14-8-15-24(18-23)38-31(41)28-30(32(38)42)37(36-34-28)19-26(40)39-29(21-11-5-2-6-12-21)25-16-7-13-22(27(25)35-39)17-20-9-3-1-4-10-20/h1-6,8-12,14-15,17-18,25,28-30H,7,13,16,19H2/b22-17+/t25-,28+,29+,30-/m1/s1. The van der Waals surface area contributed by atoms with Crippen LogP contribution in [-0.2, 0) is 14.4 Å². The predicted octanol–water partition coefficient (Wildman–Crippen LogP) is 5.57. The first-order valence-electron chi connectivity index (χ1n) is 14.0. The van der Waals surface area contributed by atoms with Crippen molar-refractivity contribution in [3.63, 3.8) is 0 Å². The molecule has 0 spiro atoms. The highest BCUT2D eigenvalue weighted by Gasteiger charge is 2.55. The van der Waals surface area contributed by atoms with Gasteiger partial charge in [-0.2, -0.15) is 10.2 Å². The number of carbonyl (C=O) groups is 3. The van der Waals surface area contributed by atoms with Crippen molar-refractivity contribution < 1.29 is 14.4 Å².